The summed E-state index contributed by atoms with van der Waals surface area (Å²) in [6.45, 7) is 9.98. The van der Waals surface area contributed by atoms with E-state index >= 15 is 0 Å². The van der Waals surface area contributed by atoms with Crippen LogP contribution in [0.2, 0.25) is 12.6 Å². The number of carbonyl (C=O) groups is 2. The van der Waals surface area contributed by atoms with E-state index < -0.39 is 63.1 Å². The Bertz CT molecular complexity index is 1490. The molecule has 2 amide bonds. The molecular formula is C32H39F3N3O5Si. The van der Waals surface area contributed by atoms with Gasteiger partial charge in [-0.2, -0.15) is 13.2 Å². The number of amides is 2. The summed E-state index contributed by atoms with van der Waals surface area (Å²) in [5.74, 6) is -1.77. The Morgan fingerprint density at radius 2 is 1.52 bits per heavy atom. The summed E-state index contributed by atoms with van der Waals surface area (Å²) >= 11 is 0. The van der Waals surface area contributed by atoms with Gasteiger partial charge in [0.05, 0.1) is 12.1 Å². The molecule has 1 heterocycles. The minimum atomic E-state index is -4.81. The highest BCUT2D eigenvalue weighted by molar-refractivity contribution is 6.50. The minimum absolute atomic E-state index is 0.0576. The number of aromatic nitrogens is 1. The molecule has 3 aromatic rings. The Morgan fingerprint density at radius 1 is 0.955 bits per heavy atom. The molecule has 1 aromatic heterocycles. The van der Waals surface area contributed by atoms with Crippen LogP contribution in [0.4, 0.5) is 23.7 Å². The van der Waals surface area contributed by atoms with E-state index in [0.717, 1.165) is 4.57 Å². The molecule has 0 saturated carbocycles. The molecule has 1 atom stereocenters. The second-order valence-corrected chi connectivity index (χ2v) is 14.1. The monoisotopic (exact) mass is 630 g/mol. The van der Waals surface area contributed by atoms with Crippen molar-refractivity contribution in [3.8, 4) is 17.0 Å². The number of anilines is 1. The number of halogens is 3. The first kappa shape index (κ1) is 34.6. The summed E-state index contributed by atoms with van der Waals surface area (Å²) in [6, 6.07) is 19.6. The number of hydrogen-bond acceptors (Lipinski definition) is 5. The van der Waals surface area contributed by atoms with Crippen LogP contribution >= 0.6 is 0 Å². The number of benzene rings is 2. The Morgan fingerprint density at radius 3 is 2.02 bits per heavy atom. The van der Waals surface area contributed by atoms with Gasteiger partial charge in [-0.15, -0.1) is 0 Å². The third-order valence-corrected chi connectivity index (χ3v) is 9.03. The summed E-state index contributed by atoms with van der Waals surface area (Å²) < 4.78 is 56.5. The largest absolute Gasteiger partial charge is 0.422 e. The molecule has 0 aliphatic heterocycles. The zero-order chi connectivity index (χ0) is 32.9. The second kappa shape index (κ2) is 13.8. The van der Waals surface area contributed by atoms with Gasteiger partial charge in [-0.1, -0.05) is 83.1 Å². The molecule has 1 radical (unpaired) electrons. The first-order valence-electron chi connectivity index (χ1n) is 14.2. The van der Waals surface area contributed by atoms with Gasteiger partial charge >= 0.3 is 12.3 Å². The molecule has 3 rings (SSSR count). The normalized spacial score (nSPS) is 13.5. The number of ether oxygens (including phenoxy) is 1. The maximum absolute atomic E-state index is 14.5. The Kier molecular flexibility index (Phi) is 10.9. The quantitative estimate of drug-likeness (QED) is 0.182. The SMILES string of the molecule is CC(C)C(CC(F)(F)F)(O[Si](C)CC(C)(C)C)N(C(=O)Oc1ccccc1)c1ccc(-c2ccccc2)n(CC(N)=O)c1=O. The lowest BCUT2D eigenvalue weighted by molar-refractivity contribution is -0.178. The van der Waals surface area contributed by atoms with E-state index in [1.807, 2.05) is 20.8 Å². The van der Waals surface area contributed by atoms with Gasteiger partial charge in [-0.05, 0) is 47.8 Å². The van der Waals surface area contributed by atoms with Crippen LogP contribution in [0, 0.1) is 11.3 Å². The standard InChI is InChI=1S/C32H39F3N3O5Si/c1-22(2)31(20-32(33,34)35,43-44(6)21-30(3,4)5)38(29(41)42-24-15-11-8-12-16-24)26-18-17-25(23-13-9-7-10-14-23)37(28(26)40)19-27(36)39/h7-18,22H,19-21H2,1-6H3,(H2,36,39). The van der Waals surface area contributed by atoms with Crippen LogP contribution < -0.4 is 20.9 Å². The van der Waals surface area contributed by atoms with Crippen molar-refractivity contribution in [3.63, 3.8) is 0 Å². The van der Waals surface area contributed by atoms with Gasteiger partial charge in [0, 0.05) is 5.92 Å². The van der Waals surface area contributed by atoms with Crippen LogP contribution in [0.25, 0.3) is 11.3 Å². The van der Waals surface area contributed by atoms with Crippen LogP contribution in [0.15, 0.2) is 77.6 Å². The number of nitrogens with zero attached hydrogens (tertiary/aromatic N) is 2. The Hall–Kier alpha value is -3.90. The molecule has 12 heteroatoms. The Labute approximate surface area is 257 Å². The fraction of sp³-hybridized carbons (Fsp3) is 0.406. The molecule has 0 fully saturated rings. The van der Waals surface area contributed by atoms with Gasteiger partial charge in [0.25, 0.3) is 5.56 Å². The van der Waals surface area contributed by atoms with Crippen LogP contribution in [0.3, 0.4) is 0 Å². The predicted molar refractivity (Wildman–Crippen MR) is 165 cm³/mol. The topological polar surface area (TPSA) is 104 Å². The second-order valence-electron chi connectivity index (χ2n) is 12.2. The van der Waals surface area contributed by atoms with E-state index in [2.05, 4.69) is 0 Å². The van der Waals surface area contributed by atoms with Crippen molar-refractivity contribution in [2.24, 2.45) is 17.1 Å². The molecule has 0 bridgehead atoms. The van der Waals surface area contributed by atoms with Gasteiger partial charge in [0.1, 0.15) is 18.0 Å². The van der Waals surface area contributed by atoms with Crippen molar-refractivity contribution >= 4 is 26.7 Å². The van der Waals surface area contributed by atoms with Gasteiger partial charge in [-0.3, -0.25) is 14.2 Å². The van der Waals surface area contributed by atoms with E-state index in [0.29, 0.717) is 16.5 Å². The lowest BCUT2D eigenvalue weighted by Gasteiger charge is -2.47. The number of alkyl halides is 3. The molecule has 0 spiro atoms. The molecule has 0 saturated heterocycles. The summed E-state index contributed by atoms with van der Waals surface area (Å²) in [6.07, 6.45) is -7.63. The lowest BCUT2D eigenvalue weighted by atomic mass is 9.93. The van der Waals surface area contributed by atoms with Crippen LogP contribution in [0.5, 0.6) is 5.75 Å². The zero-order valence-corrected chi connectivity index (χ0v) is 26.8. The number of nitrogens with two attached hydrogens (primary N) is 1. The van der Waals surface area contributed by atoms with Crippen molar-refractivity contribution in [1.29, 1.82) is 0 Å². The highest BCUT2D eigenvalue weighted by Gasteiger charge is 2.54. The van der Waals surface area contributed by atoms with Crippen molar-refractivity contribution in [2.75, 3.05) is 4.90 Å². The molecule has 0 aliphatic carbocycles. The molecule has 2 N–H and O–H groups in total. The van der Waals surface area contributed by atoms with Crippen molar-refractivity contribution in [2.45, 2.75) is 72.1 Å². The summed E-state index contributed by atoms with van der Waals surface area (Å²) in [4.78, 5) is 41.1. The maximum atomic E-state index is 14.5. The summed E-state index contributed by atoms with van der Waals surface area (Å²) in [5.41, 5.74) is 2.32. The molecule has 237 valence electrons. The molecule has 1 unspecified atom stereocenters. The van der Waals surface area contributed by atoms with E-state index in [9.17, 15) is 27.6 Å². The smallest absolute Gasteiger partial charge is 0.410 e. The van der Waals surface area contributed by atoms with Gasteiger partial charge in [0.15, 0.2) is 5.72 Å². The first-order chi connectivity index (χ1) is 20.4. The fourth-order valence-electron chi connectivity index (χ4n) is 5.12. The molecule has 0 aliphatic rings. The average Bonchev–Trinajstić information content (AvgIpc) is 2.89. The molecule has 44 heavy (non-hydrogen) atoms. The number of rotatable bonds is 11. The number of para-hydroxylation sites is 1. The van der Waals surface area contributed by atoms with Gasteiger partial charge in [-0.25, -0.2) is 9.69 Å². The Balaban J connectivity index is 2.37. The average molecular weight is 631 g/mol. The van der Waals surface area contributed by atoms with Crippen molar-refractivity contribution < 1.29 is 31.9 Å². The van der Waals surface area contributed by atoms with Crippen LogP contribution in [-0.2, 0) is 15.8 Å². The fourth-order valence-corrected chi connectivity index (χ4v) is 7.68. The zero-order valence-electron chi connectivity index (χ0n) is 25.8. The highest BCUT2D eigenvalue weighted by atomic mass is 28.3. The summed E-state index contributed by atoms with van der Waals surface area (Å²) in [5, 5.41) is 0. The first-order valence-corrected chi connectivity index (χ1v) is 16.3. The number of hydrogen-bond donors (Lipinski definition) is 1. The number of primary amides is 1. The van der Waals surface area contributed by atoms with E-state index in [1.54, 1.807) is 55.1 Å². The van der Waals surface area contributed by atoms with Gasteiger partial charge < -0.3 is 14.9 Å². The number of pyridine rings is 1. The van der Waals surface area contributed by atoms with Gasteiger partial charge in [0.2, 0.25) is 14.9 Å². The highest BCUT2D eigenvalue weighted by Crippen LogP contribution is 2.42. The lowest BCUT2D eigenvalue weighted by Crippen LogP contribution is -2.63. The maximum Gasteiger partial charge on any atom is 0.422 e. The van der Waals surface area contributed by atoms with E-state index in [4.69, 9.17) is 14.9 Å². The van der Waals surface area contributed by atoms with Crippen molar-refractivity contribution in [3.05, 3.63) is 83.2 Å². The minimum Gasteiger partial charge on any atom is -0.410 e. The predicted octanol–water partition coefficient (Wildman–Crippen LogP) is 6.99. The third-order valence-electron chi connectivity index (χ3n) is 6.77. The summed E-state index contributed by atoms with van der Waals surface area (Å²) in [7, 11) is -2.00. The van der Waals surface area contributed by atoms with Crippen molar-refractivity contribution in [1.82, 2.24) is 4.57 Å². The molecular weight excluding hydrogens is 591 g/mol. The third kappa shape index (κ3) is 8.82. The molecule has 8 nitrogen and oxygen atoms in total. The number of carbonyl (C=O) groups excluding carboxylic acids is 2. The van der Waals surface area contributed by atoms with E-state index in [-0.39, 0.29) is 16.9 Å². The van der Waals surface area contributed by atoms with Crippen LogP contribution in [0.1, 0.15) is 41.0 Å². The molecule has 2 aromatic carbocycles. The van der Waals surface area contributed by atoms with Crippen LogP contribution in [-0.4, -0.2) is 37.5 Å². The van der Waals surface area contributed by atoms with E-state index in [1.165, 1.54) is 38.1 Å².